The molecule has 0 aliphatic rings. The minimum absolute atomic E-state index is 0.191. The molecule has 0 radical (unpaired) electrons. The number of carbonyl (C=O) groups is 2. The molecule has 7 heteroatoms. The molecule has 1 aromatic rings. The third-order valence-electron chi connectivity index (χ3n) is 2.80. The summed E-state index contributed by atoms with van der Waals surface area (Å²) in [4.78, 5) is 27.8. The molecule has 0 aromatic carbocycles. The number of thiophene rings is 1. The summed E-state index contributed by atoms with van der Waals surface area (Å²) in [7, 11) is 6.72. The number of amides is 2. The maximum atomic E-state index is 12.1. The molecule has 106 valence electrons. The number of nitrogens with one attached hydrogen (secondary N) is 1. The Bertz CT molecular complexity index is 496. The van der Waals surface area contributed by atoms with Gasteiger partial charge in [0.25, 0.3) is 11.8 Å². The van der Waals surface area contributed by atoms with E-state index in [1.807, 2.05) is 18.9 Å². The van der Waals surface area contributed by atoms with E-state index < -0.39 is 0 Å². The molecule has 0 unspecified atom stereocenters. The van der Waals surface area contributed by atoms with Crippen molar-refractivity contribution in [2.45, 2.75) is 6.92 Å². The summed E-state index contributed by atoms with van der Waals surface area (Å²) < 4.78 is 0. The second kappa shape index (κ2) is 5.92. The standard InChI is InChI=1S/C12H20N4O2S/c1-6-16(5)12-7(10(17)14-2)8(13)9(19-12)11(18)15(3)4/h6,13H2,1-5H3,(H,14,17). The predicted molar refractivity (Wildman–Crippen MR) is 79.1 cm³/mol. The molecular formula is C12H20N4O2S. The molecule has 1 aromatic heterocycles. The van der Waals surface area contributed by atoms with E-state index >= 15 is 0 Å². The van der Waals surface area contributed by atoms with Gasteiger partial charge >= 0.3 is 0 Å². The maximum absolute atomic E-state index is 12.1. The van der Waals surface area contributed by atoms with Gasteiger partial charge in [-0.3, -0.25) is 9.59 Å². The van der Waals surface area contributed by atoms with Crippen molar-refractivity contribution in [1.82, 2.24) is 10.2 Å². The molecule has 2 amide bonds. The van der Waals surface area contributed by atoms with Crippen LogP contribution in [0.25, 0.3) is 0 Å². The number of anilines is 2. The average Bonchev–Trinajstić information content (AvgIpc) is 2.73. The van der Waals surface area contributed by atoms with E-state index in [0.717, 1.165) is 6.54 Å². The van der Waals surface area contributed by atoms with Crippen LogP contribution in [0.15, 0.2) is 0 Å². The number of hydrogen-bond donors (Lipinski definition) is 2. The summed E-state index contributed by atoms with van der Waals surface area (Å²) >= 11 is 1.25. The summed E-state index contributed by atoms with van der Waals surface area (Å²) in [6.45, 7) is 2.69. The quantitative estimate of drug-likeness (QED) is 0.859. The second-order valence-electron chi connectivity index (χ2n) is 4.32. The molecule has 0 aliphatic carbocycles. The summed E-state index contributed by atoms with van der Waals surface area (Å²) in [6, 6.07) is 0. The molecule has 0 saturated heterocycles. The van der Waals surface area contributed by atoms with Crippen LogP contribution in [-0.4, -0.2) is 51.4 Å². The lowest BCUT2D eigenvalue weighted by molar-refractivity contribution is 0.0833. The number of nitrogens with zero attached hydrogens (tertiary/aromatic N) is 2. The normalized spacial score (nSPS) is 10.2. The third-order valence-corrected chi connectivity index (χ3v) is 4.11. The van der Waals surface area contributed by atoms with Crippen LogP contribution in [0.5, 0.6) is 0 Å². The van der Waals surface area contributed by atoms with E-state index in [9.17, 15) is 9.59 Å². The van der Waals surface area contributed by atoms with Crippen molar-refractivity contribution in [3.8, 4) is 0 Å². The predicted octanol–water partition coefficient (Wildman–Crippen LogP) is 0.848. The van der Waals surface area contributed by atoms with E-state index in [0.29, 0.717) is 15.4 Å². The van der Waals surface area contributed by atoms with E-state index in [1.54, 1.807) is 21.1 Å². The van der Waals surface area contributed by atoms with Crippen LogP contribution in [-0.2, 0) is 0 Å². The van der Waals surface area contributed by atoms with E-state index in [-0.39, 0.29) is 17.5 Å². The summed E-state index contributed by atoms with van der Waals surface area (Å²) in [5.74, 6) is -0.467. The Labute approximate surface area is 117 Å². The molecule has 0 spiro atoms. The number of hydrogen-bond acceptors (Lipinski definition) is 5. The lowest BCUT2D eigenvalue weighted by Crippen LogP contribution is -2.24. The Hall–Kier alpha value is -1.76. The van der Waals surface area contributed by atoms with Crippen molar-refractivity contribution in [2.75, 3.05) is 45.4 Å². The average molecular weight is 284 g/mol. The van der Waals surface area contributed by atoms with Crippen LogP contribution in [0.4, 0.5) is 10.7 Å². The monoisotopic (exact) mass is 284 g/mol. The van der Waals surface area contributed by atoms with Crippen LogP contribution in [0.3, 0.4) is 0 Å². The first-order valence-corrected chi connectivity index (χ1v) is 6.73. The van der Waals surface area contributed by atoms with Crippen molar-refractivity contribution in [3.05, 3.63) is 10.4 Å². The van der Waals surface area contributed by atoms with E-state index in [2.05, 4.69) is 5.32 Å². The van der Waals surface area contributed by atoms with Gasteiger partial charge in [-0.2, -0.15) is 0 Å². The van der Waals surface area contributed by atoms with Gasteiger partial charge in [0.05, 0.1) is 11.3 Å². The van der Waals surface area contributed by atoms with Crippen LogP contribution < -0.4 is 16.0 Å². The van der Waals surface area contributed by atoms with Crippen molar-refractivity contribution >= 4 is 33.8 Å². The Morgan fingerprint density at radius 3 is 2.32 bits per heavy atom. The highest BCUT2D eigenvalue weighted by Gasteiger charge is 2.27. The van der Waals surface area contributed by atoms with Crippen LogP contribution in [0.1, 0.15) is 27.0 Å². The molecule has 0 bridgehead atoms. The van der Waals surface area contributed by atoms with Gasteiger partial charge in [0.1, 0.15) is 9.88 Å². The summed E-state index contributed by atoms with van der Waals surface area (Å²) in [5.41, 5.74) is 6.61. The van der Waals surface area contributed by atoms with E-state index in [4.69, 9.17) is 5.73 Å². The molecule has 1 heterocycles. The van der Waals surface area contributed by atoms with Crippen LogP contribution in [0, 0.1) is 0 Å². The molecule has 1 rings (SSSR count). The molecule has 3 N–H and O–H groups in total. The largest absolute Gasteiger partial charge is 0.397 e. The molecule has 0 fully saturated rings. The highest BCUT2D eigenvalue weighted by molar-refractivity contribution is 7.19. The van der Waals surface area contributed by atoms with Gasteiger partial charge < -0.3 is 20.9 Å². The first-order valence-electron chi connectivity index (χ1n) is 5.92. The highest BCUT2D eigenvalue weighted by atomic mass is 32.1. The number of nitrogen functional groups attached to an aromatic ring is 1. The van der Waals surface area contributed by atoms with Crippen LogP contribution >= 0.6 is 11.3 Å². The fourth-order valence-electron chi connectivity index (χ4n) is 1.55. The third kappa shape index (κ3) is 2.81. The number of carbonyl (C=O) groups excluding carboxylic acids is 2. The molecular weight excluding hydrogens is 264 g/mol. The molecule has 0 aliphatic heterocycles. The van der Waals surface area contributed by atoms with E-state index in [1.165, 1.54) is 16.2 Å². The first kappa shape index (κ1) is 15.3. The smallest absolute Gasteiger partial charge is 0.265 e. The lowest BCUT2D eigenvalue weighted by atomic mass is 10.2. The minimum Gasteiger partial charge on any atom is -0.397 e. The minimum atomic E-state index is -0.276. The lowest BCUT2D eigenvalue weighted by Gasteiger charge is -2.16. The first-order chi connectivity index (χ1) is 8.84. The Morgan fingerprint density at radius 2 is 1.89 bits per heavy atom. The van der Waals surface area contributed by atoms with Crippen molar-refractivity contribution < 1.29 is 9.59 Å². The Kier molecular flexibility index (Phi) is 4.77. The van der Waals surface area contributed by atoms with Crippen molar-refractivity contribution in [1.29, 1.82) is 0 Å². The SMILES string of the molecule is CCN(C)c1sc(C(=O)N(C)C)c(N)c1C(=O)NC. The highest BCUT2D eigenvalue weighted by Crippen LogP contribution is 2.38. The van der Waals surface area contributed by atoms with Crippen molar-refractivity contribution in [3.63, 3.8) is 0 Å². The van der Waals surface area contributed by atoms with Gasteiger partial charge in [0.15, 0.2) is 0 Å². The van der Waals surface area contributed by atoms with Crippen LogP contribution in [0.2, 0.25) is 0 Å². The molecule has 19 heavy (non-hydrogen) atoms. The number of rotatable bonds is 4. The molecule has 0 atom stereocenters. The fraction of sp³-hybridized carbons (Fsp3) is 0.500. The van der Waals surface area contributed by atoms with Gasteiger partial charge in [0, 0.05) is 34.7 Å². The Morgan fingerprint density at radius 1 is 1.32 bits per heavy atom. The van der Waals surface area contributed by atoms with Gasteiger partial charge in [0.2, 0.25) is 0 Å². The second-order valence-corrected chi connectivity index (χ2v) is 5.32. The zero-order chi connectivity index (χ0) is 14.7. The summed E-state index contributed by atoms with van der Waals surface area (Å²) in [5, 5.41) is 3.27. The number of nitrogens with two attached hydrogens (primary N) is 1. The summed E-state index contributed by atoms with van der Waals surface area (Å²) in [6.07, 6.45) is 0. The molecule has 0 saturated carbocycles. The van der Waals surface area contributed by atoms with Gasteiger partial charge in [-0.05, 0) is 6.92 Å². The van der Waals surface area contributed by atoms with Gasteiger partial charge in [-0.15, -0.1) is 11.3 Å². The molecule has 6 nitrogen and oxygen atoms in total. The van der Waals surface area contributed by atoms with Gasteiger partial charge in [-0.1, -0.05) is 0 Å². The Balaban J connectivity index is 3.43. The maximum Gasteiger partial charge on any atom is 0.265 e. The zero-order valence-corrected chi connectivity index (χ0v) is 12.7. The topological polar surface area (TPSA) is 78.7 Å². The van der Waals surface area contributed by atoms with Gasteiger partial charge in [-0.25, -0.2) is 0 Å². The zero-order valence-electron chi connectivity index (χ0n) is 11.9. The fourth-order valence-corrected chi connectivity index (χ4v) is 2.82. The van der Waals surface area contributed by atoms with Crippen molar-refractivity contribution in [2.24, 2.45) is 0 Å².